The zero-order valence-electron chi connectivity index (χ0n) is 11.5. The van der Waals surface area contributed by atoms with E-state index in [-0.39, 0.29) is 11.3 Å². The predicted octanol–water partition coefficient (Wildman–Crippen LogP) is 0.874. The SMILES string of the molecule is C#CCN(CCC)C(=O)C1(COC)CCNCC1. The summed E-state index contributed by atoms with van der Waals surface area (Å²) in [5, 5.41) is 3.29. The van der Waals surface area contributed by atoms with Crippen LogP contribution in [0.15, 0.2) is 0 Å². The number of carbonyl (C=O) groups excluding carboxylic acids is 1. The number of piperidine rings is 1. The summed E-state index contributed by atoms with van der Waals surface area (Å²) in [7, 11) is 1.66. The van der Waals surface area contributed by atoms with Gasteiger partial charge in [0.2, 0.25) is 5.91 Å². The van der Waals surface area contributed by atoms with Gasteiger partial charge in [0.1, 0.15) is 0 Å². The van der Waals surface area contributed by atoms with Crippen LogP contribution in [-0.2, 0) is 9.53 Å². The molecule has 102 valence electrons. The number of ether oxygens (including phenoxy) is 1. The van der Waals surface area contributed by atoms with E-state index in [1.807, 2.05) is 0 Å². The normalized spacial score (nSPS) is 18.1. The van der Waals surface area contributed by atoms with E-state index in [9.17, 15) is 4.79 Å². The van der Waals surface area contributed by atoms with E-state index in [4.69, 9.17) is 11.2 Å². The van der Waals surface area contributed by atoms with Crippen LogP contribution in [0.2, 0.25) is 0 Å². The standard InChI is InChI=1S/C14H24N2O2/c1-4-10-16(11-5-2)13(17)14(12-18-3)6-8-15-9-7-14/h1,15H,5-12H2,2-3H3. The van der Waals surface area contributed by atoms with Crippen molar-refractivity contribution in [3.05, 3.63) is 0 Å². The second kappa shape index (κ2) is 7.40. The smallest absolute Gasteiger partial charge is 0.232 e. The third-order valence-electron chi connectivity index (χ3n) is 3.50. The third kappa shape index (κ3) is 3.47. The van der Waals surface area contributed by atoms with E-state index in [0.29, 0.717) is 13.2 Å². The van der Waals surface area contributed by atoms with Gasteiger partial charge in [0.25, 0.3) is 0 Å². The van der Waals surface area contributed by atoms with Gasteiger partial charge in [-0.2, -0.15) is 0 Å². The van der Waals surface area contributed by atoms with Crippen LogP contribution in [0.1, 0.15) is 26.2 Å². The monoisotopic (exact) mass is 252 g/mol. The Morgan fingerprint density at radius 2 is 2.17 bits per heavy atom. The zero-order valence-corrected chi connectivity index (χ0v) is 11.5. The summed E-state index contributed by atoms with van der Waals surface area (Å²) in [6, 6.07) is 0. The first-order valence-electron chi connectivity index (χ1n) is 6.62. The van der Waals surface area contributed by atoms with Gasteiger partial charge in [0.15, 0.2) is 0 Å². The lowest BCUT2D eigenvalue weighted by Gasteiger charge is -2.39. The molecule has 0 atom stereocenters. The highest BCUT2D eigenvalue weighted by molar-refractivity contribution is 5.83. The largest absolute Gasteiger partial charge is 0.384 e. The van der Waals surface area contributed by atoms with Crippen molar-refractivity contribution in [3.8, 4) is 12.3 Å². The molecule has 1 fully saturated rings. The highest BCUT2D eigenvalue weighted by atomic mass is 16.5. The number of rotatable bonds is 6. The van der Waals surface area contributed by atoms with Crippen LogP contribution in [0.25, 0.3) is 0 Å². The molecule has 0 bridgehead atoms. The summed E-state index contributed by atoms with van der Waals surface area (Å²) in [6.07, 6.45) is 7.93. The minimum absolute atomic E-state index is 0.158. The molecule has 18 heavy (non-hydrogen) atoms. The Labute approximate surface area is 110 Å². The Morgan fingerprint density at radius 3 is 2.67 bits per heavy atom. The molecule has 0 unspecified atom stereocenters. The predicted molar refractivity (Wildman–Crippen MR) is 72.1 cm³/mol. The number of terminal acetylenes is 1. The molecule has 1 heterocycles. The molecule has 1 aliphatic rings. The minimum atomic E-state index is -0.383. The average Bonchev–Trinajstić information content (AvgIpc) is 2.39. The van der Waals surface area contributed by atoms with Crippen molar-refractivity contribution in [1.82, 2.24) is 10.2 Å². The lowest BCUT2D eigenvalue weighted by Crippen LogP contribution is -2.51. The number of nitrogens with one attached hydrogen (secondary N) is 1. The first kappa shape index (κ1) is 15.0. The van der Waals surface area contributed by atoms with Gasteiger partial charge >= 0.3 is 0 Å². The first-order valence-corrected chi connectivity index (χ1v) is 6.62. The van der Waals surface area contributed by atoms with Gasteiger partial charge < -0.3 is 15.0 Å². The number of hydrogen-bond donors (Lipinski definition) is 1. The molecule has 4 nitrogen and oxygen atoms in total. The molecule has 0 saturated carbocycles. The number of nitrogens with zero attached hydrogens (tertiary/aromatic N) is 1. The van der Waals surface area contributed by atoms with Crippen molar-refractivity contribution in [3.63, 3.8) is 0 Å². The lowest BCUT2D eigenvalue weighted by molar-refractivity contribution is -0.147. The van der Waals surface area contributed by atoms with E-state index >= 15 is 0 Å². The maximum absolute atomic E-state index is 12.7. The summed E-state index contributed by atoms with van der Waals surface area (Å²) in [5.74, 6) is 2.74. The van der Waals surface area contributed by atoms with Crippen LogP contribution in [0.5, 0.6) is 0 Å². The van der Waals surface area contributed by atoms with Crippen LogP contribution < -0.4 is 5.32 Å². The maximum atomic E-state index is 12.7. The molecule has 1 amide bonds. The lowest BCUT2D eigenvalue weighted by atomic mass is 9.78. The number of hydrogen-bond acceptors (Lipinski definition) is 3. The summed E-state index contributed by atoms with van der Waals surface area (Å²) in [6.45, 7) is 5.39. The van der Waals surface area contributed by atoms with Crippen LogP contribution in [0.3, 0.4) is 0 Å². The molecule has 0 aromatic carbocycles. The zero-order chi connectivity index (χ0) is 13.4. The van der Waals surface area contributed by atoms with Crippen molar-refractivity contribution in [2.24, 2.45) is 5.41 Å². The topological polar surface area (TPSA) is 41.6 Å². The maximum Gasteiger partial charge on any atom is 0.232 e. The Morgan fingerprint density at radius 1 is 1.50 bits per heavy atom. The van der Waals surface area contributed by atoms with Crippen molar-refractivity contribution in [2.45, 2.75) is 26.2 Å². The molecule has 0 spiro atoms. The van der Waals surface area contributed by atoms with Gasteiger partial charge in [-0.3, -0.25) is 4.79 Å². The molecule has 0 radical (unpaired) electrons. The number of amides is 1. The van der Waals surface area contributed by atoms with Crippen LogP contribution in [0, 0.1) is 17.8 Å². The van der Waals surface area contributed by atoms with E-state index in [1.54, 1.807) is 12.0 Å². The molecule has 1 saturated heterocycles. The Kier molecular flexibility index (Phi) is 6.17. The molecule has 0 aliphatic carbocycles. The highest BCUT2D eigenvalue weighted by Gasteiger charge is 2.41. The molecular weight excluding hydrogens is 228 g/mol. The van der Waals surface area contributed by atoms with Gasteiger partial charge in [-0.1, -0.05) is 12.8 Å². The second-order valence-corrected chi connectivity index (χ2v) is 4.89. The Hall–Kier alpha value is -1.05. The molecule has 4 heteroatoms. The number of carbonyl (C=O) groups is 1. The minimum Gasteiger partial charge on any atom is -0.384 e. The fourth-order valence-electron chi connectivity index (χ4n) is 2.57. The van der Waals surface area contributed by atoms with Crippen LogP contribution in [-0.4, -0.2) is 50.7 Å². The summed E-state index contributed by atoms with van der Waals surface area (Å²) >= 11 is 0. The van der Waals surface area contributed by atoms with Crippen molar-refractivity contribution in [1.29, 1.82) is 0 Å². The summed E-state index contributed by atoms with van der Waals surface area (Å²) in [4.78, 5) is 14.5. The van der Waals surface area contributed by atoms with Crippen molar-refractivity contribution in [2.75, 3.05) is 39.9 Å². The van der Waals surface area contributed by atoms with Gasteiger partial charge in [0.05, 0.1) is 18.6 Å². The summed E-state index contributed by atoms with van der Waals surface area (Å²) < 4.78 is 5.29. The quantitative estimate of drug-likeness (QED) is 0.713. The molecule has 1 rings (SSSR count). The van der Waals surface area contributed by atoms with E-state index in [1.165, 1.54) is 0 Å². The third-order valence-corrected chi connectivity index (χ3v) is 3.50. The molecular formula is C14H24N2O2. The fraction of sp³-hybridized carbons (Fsp3) is 0.786. The van der Waals surface area contributed by atoms with Crippen LogP contribution >= 0.6 is 0 Å². The van der Waals surface area contributed by atoms with Crippen LogP contribution in [0.4, 0.5) is 0 Å². The molecule has 0 aromatic heterocycles. The average molecular weight is 252 g/mol. The Bertz CT molecular complexity index is 298. The van der Waals surface area contributed by atoms with Crippen molar-refractivity contribution < 1.29 is 9.53 Å². The van der Waals surface area contributed by atoms with E-state index in [2.05, 4.69) is 18.2 Å². The van der Waals surface area contributed by atoms with E-state index in [0.717, 1.165) is 38.9 Å². The van der Waals surface area contributed by atoms with Gasteiger partial charge in [-0.25, -0.2) is 0 Å². The Balaban J connectivity index is 2.82. The number of methoxy groups -OCH3 is 1. The van der Waals surface area contributed by atoms with Gasteiger partial charge in [0, 0.05) is 13.7 Å². The fourth-order valence-corrected chi connectivity index (χ4v) is 2.57. The van der Waals surface area contributed by atoms with E-state index < -0.39 is 0 Å². The van der Waals surface area contributed by atoms with Gasteiger partial charge in [-0.15, -0.1) is 6.42 Å². The summed E-state index contributed by atoms with van der Waals surface area (Å²) in [5.41, 5.74) is -0.383. The first-order chi connectivity index (χ1) is 8.70. The molecule has 0 aromatic rings. The van der Waals surface area contributed by atoms with Crippen molar-refractivity contribution >= 4 is 5.91 Å². The van der Waals surface area contributed by atoms with Gasteiger partial charge in [-0.05, 0) is 32.4 Å². The second-order valence-electron chi connectivity index (χ2n) is 4.89. The highest BCUT2D eigenvalue weighted by Crippen LogP contribution is 2.31. The molecule has 1 N–H and O–H groups in total. The molecule has 1 aliphatic heterocycles.